The number of ether oxygens (including phenoxy) is 3. The van der Waals surface area contributed by atoms with Gasteiger partial charge in [-0.25, -0.2) is 0 Å². The zero-order valence-corrected chi connectivity index (χ0v) is 54.2. The number of unbranched alkanes of at least 4 members (excludes halogenated alkanes) is 29. The van der Waals surface area contributed by atoms with Crippen LogP contribution >= 0.6 is 0 Å². The highest BCUT2D eigenvalue weighted by Crippen LogP contribution is 2.17. The highest BCUT2D eigenvalue weighted by molar-refractivity contribution is 5.71. The van der Waals surface area contributed by atoms with E-state index in [9.17, 15) is 14.4 Å². The van der Waals surface area contributed by atoms with E-state index in [1.165, 1.54) is 141 Å². The Morgan fingerprint density at radius 2 is 0.482 bits per heavy atom. The second-order valence-electron chi connectivity index (χ2n) is 22.7. The van der Waals surface area contributed by atoms with Crippen molar-refractivity contribution in [2.45, 2.75) is 322 Å². The van der Waals surface area contributed by atoms with Gasteiger partial charge in [0.2, 0.25) is 0 Å². The first-order chi connectivity index (χ1) is 41.0. The predicted octanol–water partition coefficient (Wildman–Crippen LogP) is 24.1. The van der Waals surface area contributed by atoms with Gasteiger partial charge in [0.1, 0.15) is 13.2 Å². The first-order valence-electron chi connectivity index (χ1n) is 34.7. The Morgan fingerprint density at radius 1 is 0.253 bits per heavy atom. The molecule has 83 heavy (non-hydrogen) atoms. The van der Waals surface area contributed by atoms with Crippen LogP contribution in [-0.2, 0) is 28.6 Å². The van der Waals surface area contributed by atoms with Gasteiger partial charge in [0.25, 0.3) is 0 Å². The van der Waals surface area contributed by atoms with Gasteiger partial charge in [0, 0.05) is 19.3 Å². The molecule has 0 saturated carbocycles. The molecule has 1 atom stereocenters. The van der Waals surface area contributed by atoms with E-state index in [2.05, 4.69) is 154 Å². The lowest BCUT2D eigenvalue weighted by Crippen LogP contribution is -2.30. The van der Waals surface area contributed by atoms with Crippen molar-refractivity contribution in [3.63, 3.8) is 0 Å². The monoisotopic (exact) mass is 1150 g/mol. The van der Waals surface area contributed by atoms with Crippen LogP contribution in [0.1, 0.15) is 316 Å². The van der Waals surface area contributed by atoms with Crippen LogP contribution in [0.15, 0.2) is 134 Å². The van der Waals surface area contributed by atoms with E-state index in [0.717, 1.165) is 128 Å². The van der Waals surface area contributed by atoms with Gasteiger partial charge < -0.3 is 14.2 Å². The van der Waals surface area contributed by atoms with E-state index in [-0.39, 0.29) is 37.5 Å². The van der Waals surface area contributed by atoms with Gasteiger partial charge in [-0.3, -0.25) is 14.4 Å². The largest absolute Gasteiger partial charge is 0.462 e. The summed E-state index contributed by atoms with van der Waals surface area (Å²) in [4.78, 5) is 38.3. The summed E-state index contributed by atoms with van der Waals surface area (Å²) in [7, 11) is 0. The van der Waals surface area contributed by atoms with Crippen LogP contribution in [-0.4, -0.2) is 37.2 Å². The Balaban J connectivity index is 4.25. The van der Waals surface area contributed by atoms with Crippen molar-refractivity contribution >= 4 is 17.9 Å². The van der Waals surface area contributed by atoms with Crippen LogP contribution in [0.5, 0.6) is 0 Å². The number of carbonyl (C=O) groups excluding carboxylic acids is 3. The van der Waals surface area contributed by atoms with Crippen molar-refractivity contribution in [3.8, 4) is 0 Å². The Labute approximate surface area is 513 Å². The van der Waals surface area contributed by atoms with Crippen molar-refractivity contribution in [1.29, 1.82) is 0 Å². The van der Waals surface area contributed by atoms with Crippen molar-refractivity contribution < 1.29 is 28.6 Å². The molecule has 6 heteroatoms. The maximum absolute atomic E-state index is 12.9. The molecule has 0 N–H and O–H groups in total. The van der Waals surface area contributed by atoms with Gasteiger partial charge in [0.15, 0.2) is 6.10 Å². The molecule has 0 rings (SSSR count). The predicted molar refractivity (Wildman–Crippen MR) is 362 cm³/mol. The minimum absolute atomic E-state index is 0.106. The maximum atomic E-state index is 12.9. The van der Waals surface area contributed by atoms with Gasteiger partial charge in [0.05, 0.1) is 0 Å². The highest BCUT2D eigenvalue weighted by atomic mass is 16.6. The summed E-state index contributed by atoms with van der Waals surface area (Å²) in [5, 5.41) is 0. The third-order valence-electron chi connectivity index (χ3n) is 14.6. The normalized spacial score (nSPS) is 13.0. The van der Waals surface area contributed by atoms with E-state index in [1.54, 1.807) is 0 Å². The minimum atomic E-state index is -0.817. The van der Waals surface area contributed by atoms with Crippen LogP contribution in [0, 0.1) is 0 Å². The third kappa shape index (κ3) is 68.2. The number of esters is 3. The van der Waals surface area contributed by atoms with Gasteiger partial charge in [-0.05, 0) is 128 Å². The third-order valence-corrected chi connectivity index (χ3v) is 14.6. The molecule has 1 unspecified atom stereocenters. The second kappa shape index (κ2) is 70.0. The Morgan fingerprint density at radius 3 is 0.771 bits per heavy atom. The summed E-state index contributed by atoms with van der Waals surface area (Å²) in [5.41, 5.74) is 0. The summed E-state index contributed by atoms with van der Waals surface area (Å²) in [6.45, 7) is 6.35. The van der Waals surface area contributed by atoms with E-state index in [0.29, 0.717) is 19.3 Å². The molecule has 0 aliphatic carbocycles. The molecule has 0 spiro atoms. The summed E-state index contributed by atoms with van der Waals surface area (Å²) in [6.07, 6.45) is 99.2. The Hall–Kier alpha value is -4.45. The number of hydrogen-bond donors (Lipinski definition) is 0. The lowest BCUT2D eigenvalue weighted by atomic mass is 10.0. The molecular formula is C77H128O6. The topological polar surface area (TPSA) is 78.9 Å². The van der Waals surface area contributed by atoms with Crippen molar-refractivity contribution in [3.05, 3.63) is 134 Å². The summed E-state index contributed by atoms with van der Waals surface area (Å²) in [5.74, 6) is -0.971. The fourth-order valence-electron chi connectivity index (χ4n) is 9.50. The average Bonchev–Trinajstić information content (AvgIpc) is 3.49. The molecule has 0 bridgehead atoms. The SMILES string of the molecule is CC/C=C\C/C=C\C/C=C\C/C=C\C/C=C\CCCC(=O)OC(COC(=O)CCCCCCC/C=C\C/C=C\CCCCC)COC(=O)CCCCCCCCCCCCCCCCCCCCCC/C=C\C/C=C\C/C=C\C/C=C\CC. The van der Waals surface area contributed by atoms with Crippen molar-refractivity contribution in [2.75, 3.05) is 13.2 Å². The molecule has 0 fully saturated rings. The summed E-state index contributed by atoms with van der Waals surface area (Å²) < 4.78 is 16.9. The van der Waals surface area contributed by atoms with Gasteiger partial charge >= 0.3 is 17.9 Å². The Kier molecular flexibility index (Phi) is 66.3. The fraction of sp³-hybridized carbons (Fsp3) is 0.675. The Bertz CT molecular complexity index is 1750. The van der Waals surface area contributed by atoms with Crippen LogP contribution in [0.25, 0.3) is 0 Å². The maximum Gasteiger partial charge on any atom is 0.306 e. The van der Waals surface area contributed by atoms with E-state index in [1.807, 2.05) is 0 Å². The molecular weight excluding hydrogens is 1020 g/mol. The average molecular weight is 1150 g/mol. The first kappa shape index (κ1) is 78.5. The van der Waals surface area contributed by atoms with Crippen molar-refractivity contribution in [1.82, 2.24) is 0 Å². The molecule has 0 saturated heterocycles. The fourth-order valence-corrected chi connectivity index (χ4v) is 9.50. The van der Waals surface area contributed by atoms with Gasteiger partial charge in [-0.1, -0.05) is 302 Å². The molecule has 6 nitrogen and oxygen atoms in total. The number of allylic oxidation sites excluding steroid dienone is 22. The number of hydrogen-bond acceptors (Lipinski definition) is 6. The number of carbonyl (C=O) groups is 3. The molecule has 0 amide bonds. The van der Waals surface area contributed by atoms with Crippen LogP contribution in [0.4, 0.5) is 0 Å². The molecule has 0 aromatic rings. The lowest BCUT2D eigenvalue weighted by molar-refractivity contribution is -0.167. The molecule has 0 radical (unpaired) electrons. The molecule has 0 aromatic heterocycles. The standard InChI is InChI=1S/C77H128O6/c1-4-7-10-13-16-19-22-25-28-30-31-32-33-34-35-36-37-38-39-40-41-42-43-44-45-47-49-52-55-58-61-64-67-70-76(79)82-73-74(72-81-75(78)69-66-63-60-57-54-51-48-27-24-21-18-15-12-9-6-3)83-77(80)71-68-65-62-59-56-53-50-46-29-26-23-20-17-14-11-8-5-2/h7-8,10-11,16-21,25-29,31-32,48,50,53,59,62,74H,4-6,9,12-15,22-24,30,33-47,49,51-52,54-58,60-61,63-73H2,1-3H3/b10-7-,11-8-,19-16-,20-17-,21-18-,28-25-,29-26-,32-31-,48-27-,53-50-,62-59-. The molecule has 0 aromatic carbocycles. The quantitative estimate of drug-likeness (QED) is 0.0261. The molecule has 0 heterocycles. The van der Waals surface area contributed by atoms with Crippen molar-refractivity contribution in [2.24, 2.45) is 0 Å². The molecule has 0 aliphatic heterocycles. The highest BCUT2D eigenvalue weighted by Gasteiger charge is 2.19. The smallest absolute Gasteiger partial charge is 0.306 e. The van der Waals surface area contributed by atoms with E-state index < -0.39 is 6.10 Å². The van der Waals surface area contributed by atoms with Gasteiger partial charge in [-0.2, -0.15) is 0 Å². The van der Waals surface area contributed by atoms with E-state index >= 15 is 0 Å². The van der Waals surface area contributed by atoms with Crippen LogP contribution in [0.3, 0.4) is 0 Å². The van der Waals surface area contributed by atoms with Crippen LogP contribution < -0.4 is 0 Å². The zero-order chi connectivity index (χ0) is 59.9. The lowest BCUT2D eigenvalue weighted by Gasteiger charge is -2.18. The summed E-state index contributed by atoms with van der Waals surface area (Å²) >= 11 is 0. The van der Waals surface area contributed by atoms with Crippen LogP contribution in [0.2, 0.25) is 0 Å². The molecule has 0 aliphatic rings. The minimum Gasteiger partial charge on any atom is -0.462 e. The summed E-state index contributed by atoms with van der Waals surface area (Å²) in [6, 6.07) is 0. The molecule has 472 valence electrons. The van der Waals surface area contributed by atoms with Gasteiger partial charge in [-0.15, -0.1) is 0 Å². The van der Waals surface area contributed by atoms with E-state index in [4.69, 9.17) is 14.2 Å². The number of rotatable bonds is 62. The second-order valence-corrected chi connectivity index (χ2v) is 22.7. The first-order valence-corrected chi connectivity index (χ1v) is 34.7. The zero-order valence-electron chi connectivity index (χ0n) is 54.2.